The van der Waals surface area contributed by atoms with Gasteiger partial charge < -0.3 is 10.4 Å². The molecule has 0 aliphatic heterocycles. The molecule has 5 nitrogen and oxygen atoms in total. The Morgan fingerprint density at radius 1 is 1.33 bits per heavy atom. The van der Waals surface area contributed by atoms with Gasteiger partial charge in [-0.3, -0.25) is 0 Å². The molecule has 0 aromatic carbocycles. The molecular weight excluding hydrogens is 228 g/mol. The minimum atomic E-state index is -0.279. The molecule has 0 radical (unpaired) electrons. The number of aliphatic hydroxyl groups excluding tert-OH is 1. The van der Waals surface area contributed by atoms with Crippen LogP contribution in [-0.2, 0) is 12.8 Å². The molecule has 1 aliphatic carbocycles. The number of aryl methyl sites for hydroxylation is 1. The molecule has 1 saturated carbocycles. The summed E-state index contributed by atoms with van der Waals surface area (Å²) in [6.07, 6.45) is 3.36. The van der Waals surface area contributed by atoms with Crippen LogP contribution in [0.5, 0.6) is 0 Å². The normalized spacial score (nSPS) is 16.1. The van der Waals surface area contributed by atoms with E-state index in [1.807, 2.05) is 13.8 Å². The Morgan fingerprint density at radius 3 is 2.50 bits per heavy atom. The Balaban J connectivity index is 2.39. The van der Waals surface area contributed by atoms with Crippen molar-refractivity contribution < 1.29 is 5.11 Å². The summed E-state index contributed by atoms with van der Waals surface area (Å²) in [4.78, 5) is 0. The van der Waals surface area contributed by atoms with Crippen LogP contribution in [0.3, 0.4) is 0 Å². The third-order valence-electron chi connectivity index (χ3n) is 3.50. The monoisotopic (exact) mass is 246 g/mol. The molecular formula is C13H18N4O. The molecule has 0 spiro atoms. The molecule has 0 bridgehead atoms. The third kappa shape index (κ3) is 2.16. The summed E-state index contributed by atoms with van der Waals surface area (Å²) < 4.78 is 0. The summed E-state index contributed by atoms with van der Waals surface area (Å²) in [5, 5.41) is 30.1. The zero-order chi connectivity index (χ0) is 13.2. The summed E-state index contributed by atoms with van der Waals surface area (Å²) in [6.45, 7) is 4.09. The minimum absolute atomic E-state index is 0.0660. The standard InChI is InChI=1S/C13H18N4O/c1-3-9-10(7-14)12(17-16-11(9)4-2)15-13(8-18)5-6-13/h18H,3-6,8H2,1-2H3,(H,15,17). The van der Waals surface area contributed by atoms with Crippen LogP contribution in [-0.4, -0.2) is 27.4 Å². The molecule has 0 unspecified atom stereocenters. The van der Waals surface area contributed by atoms with Crippen LogP contribution < -0.4 is 5.32 Å². The quantitative estimate of drug-likeness (QED) is 0.821. The van der Waals surface area contributed by atoms with Gasteiger partial charge in [0.2, 0.25) is 0 Å². The van der Waals surface area contributed by atoms with Crippen molar-refractivity contribution in [3.63, 3.8) is 0 Å². The molecule has 5 heteroatoms. The summed E-state index contributed by atoms with van der Waals surface area (Å²) in [5.74, 6) is 0.512. The van der Waals surface area contributed by atoms with Gasteiger partial charge in [-0.25, -0.2) is 0 Å². The fourth-order valence-electron chi connectivity index (χ4n) is 2.11. The molecule has 1 aromatic heterocycles. The summed E-state index contributed by atoms with van der Waals surface area (Å²) >= 11 is 0. The first-order chi connectivity index (χ1) is 8.69. The Morgan fingerprint density at radius 2 is 2.06 bits per heavy atom. The molecule has 1 fully saturated rings. The Kier molecular flexibility index (Phi) is 3.48. The van der Waals surface area contributed by atoms with Gasteiger partial charge in [-0.2, -0.15) is 10.4 Å². The maximum absolute atomic E-state index is 9.32. The highest BCUT2D eigenvalue weighted by molar-refractivity contribution is 5.58. The molecule has 0 saturated heterocycles. The molecule has 0 atom stereocenters. The van der Waals surface area contributed by atoms with Crippen LogP contribution in [0.1, 0.15) is 43.5 Å². The van der Waals surface area contributed by atoms with E-state index in [2.05, 4.69) is 21.6 Å². The Labute approximate surface area is 107 Å². The van der Waals surface area contributed by atoms with Crippen LogP contribution in [0.4, 0.5) is 5.82 Å². The van der Waals surface area contributed by atoms with Gasteiger partial charge in [-0.05, 0) is 31.2 Å². The number of aromatic nitrogens is 2. The van der Waals surface area contributed by atoms with Gasteiger partial charge in [0, 0.05) is 0 Å². The van der Waals surface area contributed by atoms with Crippen LogP contribution >= 0.6 is 0 Å². The molecule has 2 rings (SSSR count). The van der Waals surface area contributed by atoms with E-state index in [0.717, 1.165) is 36.9 Å². The lowest BCUT2D eigenvalue weighted by Crippen LogP contribution is -2.27. The van der Waals surface area contributed by atoms with Crippen LogP contribution in [0.2, 0.25) is 0 Å². The first kappa shape index (κ1) is 12.8. The second-order valence-corrected chi connectivity index (χ2v) is 4.73. The highest BCUT2D eigenvalue weighted by Crippen LogP contribution is 2.38. The van der Waals surface area contributed by atoms with E-state index < -0.39 is 0 Å². The maximum Gasteiger partial charge on any atom is 0.167 e. The lowest BCUT2D eigenvalue weighted by Gasteiger charge is -2.17. The van der Waals surface area contributed by atoms with Gasteiger partial charge >= 0.3 is 0 Å². The van der Waals surface area contributed by atoms with Crippen molar-refractivity contribution in [1.82, 2.24) is 10.2 Å². The Bertz CT molecular complexity index is 488. The van der Waals surface area contributed by atoms with E-state index in [9.17, 15) is 10.4 Å². The SMILES string of the molecule is CCc1nnc(NC2(CO)CC2)c(C#N)c1CC. The first-order valence-electron chi connectivity index (χ1n) is 6.37. The topological polar surface area (TPSA) is 81.8 Å². The van der Waals surface area contributed by atoms with Crippen LogP contribution in [0.25, 0.3) is 0 Å². The van der Waals surface area contributed by atoms with E-state index >= 15 is 0 Å². The van der Waals surface area contributed by atoms with Gasteiger partial charge in [-0.1, -0.05) is 13.8 Å². The number of anilines is 1. The van der Waals surface area contributed by atoms with Crippen molar-refractivity contribution in [3.05, 3.63) is 16.8 Å². The lowest BCUT2D eigenvalue weighted by atomic mass is 10.0. The predicted octanol–water partition coefficient (Wildman–Crippen LogP) is 1.41. The van der Waals surface area contributed by atoms with E-state index in [1.54, 1.807) is 0 Å². The number of hydrogen-bond acceptors (Lipinski definition) is 5. The average Bonchev–Trinajstić information content (AvgIpc) is 3.18. The van der Waals surface area contributed by atoms with E-state index in [4.69, 9.17) is 0 Å². The van der Waals surface area contributed by atoms with Crippen LogP contribution in [0.15, 0.2) is 0 Å². The Hall–Kier alpha value is -1.67. The highest BCUT2D eigenvalue weighted by atomic mass is 16.3. The number of rotatable bonds is 5. The summed E-state index contributed by atoms with van der Waals surface area (Å²) in [6, 6.07) is 2.22. The second kappa shape index (κ2) is 4.91. The molecule has 0 amide bonds. The maximum atomic E-state index is 9.32. The number of hydrogen-bond donors (Lipinski definition) is 2. The lowest BCUT2D eigenvalue weighted by molar-refractivity contribution is 0.266. The molecule has 1 aromatic rings. The number of nitrogens with zero attached hydrogens (tertiary/aromatic N) is 3. The van der Waals surface area contributed by atoms with Gasteiger partial charge in [0.25, 0.3) is 0 Å². The molecule has 1 aliphatic rings. The average molecular weight is 246 g/mol. The third-order valence-corrected chi connectivity index (χ3v) is 3.50. The van der Waals surface area contributed by atoms with Gasteiger partial charge in [0.15, 0.2) is 5.82 Å². The first-order valence-corrected chi connectivity index (χ1v) is 6.37. The van der Waals surface area contributed by atoms with E-state index in [0.29, 0.717) is 11.4 Å². The smallest absolute Gasteiger partial charge is 0.167 e. The van der Waals surface area contributed by atoms with Crippen molar-refractivity contribution in [2.75, 3.05) is 11.9 Å². The highest BCUT2D eigenvalue weighted by Gasteiger charge is 2.43. The largest absolute Gasteiger partial charge is 0.394 e. The van der Waals surface area contributed by atoms with E-state index in [-0.39, 0.29) is 12.1 Å². The van der Waals surface area contributed by atoms with Crippen molar-refractivity contribution in [2.45, 2.75) is 45.1 Å². The van der Waals surface area contributed by atoms with Gasteiger partial charge in [0.1, 0.15) is 11.6 Å². The van der Waals surface area contributed by atoms with Crippen molar-refractivity contribution in [1.29, 1.82) is 5.26 Å². The van der Waals surface area contributed by atoms with Crippen molar-refractivity contribution >= 4 is 5.82 Å². The van der Waals surface area contributed by atoms with E-state index in [1.165, 1.54) is 0 Å². The van der Waals surface area contributed by atoms with Gasteiger partial charge in [-0.15, -0.1) is 5.10 Å². The molecule has 96 valence electrons. The summed E-state index contributed by atoms with van der Waals surface area (Å²) in [5.41, 5.74) is 2.14. The van der Waals surface area contributed by atoms with Crippen molar-refractivity contribution in [3.8, 4) is 6.07 Å². The fourth-order valence-corrected chi connectivity index (χ4v) is 2.11. The number of aliphatic hydroxyl groups is 1. The zero-order valence-electron chi connectivity index (χ0n) is 10.8. The van der Waals surface area contributed by atoms with Crippen LogP contribution in [0, 0.1) is 11.3 Å². The number of nitriles is 1. The molecule has 1 heterocycles. The summed E-state index contributed by atoms with van der Waals surface area (Å²) in [7, 11) is 0. The second-order valence-electron chi connectivity index (χ2n) is 4.73. The molecule has 18 heavy (non-hydrogen) atoms. The minimum Gasteiger partial charge on any atom is -0.394 e. The zero-order valence-corrected chi connectivity index (χ0v) is 10.8. The predicted molar refractivity (Wildman–Crippen MR) is 68.2 cm³/mol. The van der Waals surface area contributed by atoms with Crippen molar-refractivity contribution in [2.24, 2.45) is 0 Å². The molecule has 2 N–H and O–H groups in total. The van der Waals surface area contributed by atoms with Gasteiger partial charge in [0.05, 0.1) is 17.8 Å². The number of nitrogens with one attached hydrogen (secondary N) is 1. The fraction of sp³-hybridized carbons (Fsp3) is 0.615.